The number of nitrogens with one attached hydrogen (secondary N) is 1. The van der Waals surface area contributed by atoms with Gasteiger partial charge in [0.2, 0.25) is 0 Å². The van der Waals surface area contributed by atoms with E-state index in [0.717, 1.165) is 12.8 Å². The van der Waals surface area contributed by atoms with Crippen molar-refractivity contribution < 1.29 is 14.3 Å². The van der Waals surface area contributed by atoms with Crippen LogP contribution in [-0.4, -0.2) is 17.1 Å². The van der Waals surface area contributed by atoms with Gasteiger partial charge in [-0.1, -0.05) is 38.0 Å². The van der Waals surface area contributed by atoms with Gasteiger partial charge in [-0.3, -0.25) is 4.79 Å². The van der Waals surface area contributed by atoms with Crippen molar-refractivity contribution >= 4 is 5.97 Å². The largest absolute Gasteiger partial charge is 0.480 e. The second-order valence-electron chi connectivity index (χ2n) is 4.46. The Morgan fingerprint density at radius 2 is 2.22 bits per heavy atom. The van der Waals surface area contributed by atoms with E-state index in [4.69, 9.17) is 5.11 Å². The molecule has 1 unspecified atom stereocenters. The molecule has 1 rings (SSSR count). The first-order chi connectivity index (χ1) is 8.56. The maximum atomic E-state index is 13.7. The summed E-state index contributed by atoms with van der Waals surface area (Å²) in [5, 5.41) is 11.9. The molecule has 0 aliphatic rings. The van der Waals surface area contributed by atoms with E-state index in [1.807, 2.05) is 6.92 Å². The van der Waals surface area contributed by atoms with Gasteiger partial charge < -0.3 is 10.4 Å². The van der Waals surface area contributed by atoms with Crippen LogP contribution in [0, 0.1) is 12.7 Å². The Balaban J connectivity index is 2.61. The summed E-state index contributed by atoms with van der Waals surface area (Å²) in [6.07, 6.45) is 2.36. The Morgan fingerprint density at radius 3 is 2.83 bits per heavy atom. The normalized spacial score (nSPS) is 12.4. The number of carboxylic acid groups (broad SMARTS) is 1. The maximum absolute atomic E-state index is 13.7. The summed E-state index contributed by atoms with van der Waals surface area (Å²) >= 11 is 0. The van der Waals surface area contributed by atoms with Crippen molar-refractivity contribution in [2.75, 3.05) is 0 Å². The van der Waals surface area contributed by atoms with Gasteiger partial charge in [-0.15, -0.1) is 0 Å². The molecule has 2 N–H and O–H groups in total. The van der Waals surface area contributed by atoms with Crippen molar-refractivity contribution in [2.45, 2.75) is 45.7 Å². The zero-order chi connectivity index (χ0) is 13.5. The minimum atomic E-state index is -0.878. The molecule has 3 nitrogen and oxygen atoms in total. The lowest BCUT2D eigenvalue weighted by atomic mass is 10.1. The highest BCUT2D eigenvalue weighted by molar-refractivity contribution is 5.73. The molecule has 0 fully saturated rings. The van der Waals surface area contributed by atoms with Gasteiger partial charge in [0.05, 0.1) is 0 Å². The molecule has 0 saturated carbocycles. The molecule has 0 spiro atoms. The molecule has 0 heterocycles. The number of benzene rings is 1. The number of unbranched alkanes of at least 4 members (excludes halogenated alkanes) is 1. The lowest BCUT2D eigenvalue weighted by Gasteiger charge is -2.14. The summed E-state index contributed by atoms with van der Waals surface area (Å²) in [5.41, 5.74) is 1.09. The molecule has 0 aromatic heterocycles. The summed E-state index contributed by atoms with van der Waals surface area (Å²) in [5.74, 6) is -1.14. The highest BCUT2D eigenvalue weighted by Gasteiger charge is 2.16. The average Bonchev–Trinajstić information content (AvgIpc) is 2.33. The zero-order valence-corrected chi connectivity index (χ0v) is 10.9. The fourth-order valence-electron chi connectivity index (χ4n) is 1.80. The van der Waals surface area contributed by atoms with Gasteiger partial charge in [0.25, 0.3) is 0 Å². The molecule has 4 heteroatoms. The smallest absolute Gasteiger partial charge is 0.320 e. The van der Waals surface area contributed by atoms with Crippen molar-refractivity contribution in [3.05, 3.63) is 35.1 Å². The summed E-state index contributed by atoms with van der Waals surface area (Å²) in [6, 6.07) is 4.54. The molecule has 0 radical (unpaired) electrons. The van der Waals surface area contributed by atoms with Crippen molar-refractivity contribution in [3.63, 3.8) is 0 Å². The van der Waals surface area contributed by atoms with Crippen LogP contribution >= 0.6 is 0 Å². The first-order valence-corrected chi connectivity index (χ1v) is 6.26. The van der Waals surface area contributed by atoms with E-state index in [2.05, 4.69) is 5.32 Å². The number of aryl methyl sites for hydroxylation is 1. The van der Waals surface area contributed by atoms with Gasteiger partial charge >= 0.3 is 5.97 Å². The monoisotopic (exact) mass is 253 g/mol. The van der Waals surface area contributed by atoms with Gasteiger partial charge in [-0.2, -0.15) is 0 Å². The quantitative estimate of drug-likeness (QED) is 0.785. The average molecular weight is 253 g/mol. The minimum absolute atomic E-state index is 0.244. The van der Waals surface area contributed by atoms with Crippen molar-refractivity contribution in [2.24, 2.45) is 0 Å². The van der Waals surface area contributed by atoms with Crippen LogP contribution in [0.1, 0.15) is 37.3 Å². The molecule has 1 aromatic carbocycles. The van der Waals surface area contributed by atoms with Crippen LogP contribution in [0.5, 0.6) is 0 Å². The molecule has 0 bridgehead atoms. The third kappa shape index (κ3) is 4.11. The highest BCUT2D eigenvalue weighted by Crippen LogP contribution is 2.12. The lowest BCUT2D eigenvalue weighted by Crippen LogP contribution is -2.36. The molecule has 0 aliphatic heterocycles. The second kappa shape index (κ2) is 7.11. The molecule has 0 aliphatic carbocycles. The molecule has 1 aromatic rings. The molecule has 1 atom stereocenters. The standard InChI is InChI=1S/C14H20FNO2/c1-3-4-8-12(14(17)18)16-9-11-7-5-6-10(2)13(11)15/h5-7,12,16H,3-4,8-9H2,1-2H3,(H,17,18). The number of hydrogen-bond acceptors (Lipinski definition) is 2. The van der Waals surface area contributed by atoms with E-state index in [0.29, 0.717) is 17.5 Å². The van der Waals surface area contributed by atoms with E-state index >= 15 is 0 Å². The molecular formula is C14H20FNO2. The Hall–Kier alpha value is -1.42. The summed E-state index contributed by atoms with van der Waals surface area (Å²) in [4.78, 5) is 11.0. The number of halogens is 1. The van der Waals surface area contributed by atoms with Crippen LogP contribution in [0.4, 0.5) is 4.39 Å². The van der Waals surface area contributed by atoms with E-state index in [9.17, 15) is 9.18 Å². The van der Waals surface area contributed by atoms with E-state index in [1.54, 1.807) is 25.1 Å². The predicted octanol–water partition coefficient (Wildman–Crippen LogP) is 2.87. The van der Waals surface area contributed by atoms with E-state index < -0.39 is 12.0 Å². The summed E-state index contributed by atoms with van der Waals surface area (Å²) < 4.78 is 13.7. The van der Waals surface area contributed by atoms with Crippen LogP contribution < -0.4 is 5.32 Å². The molecular weight excluding hydrogens is 233 g/mol. The van der Waals surface area contributed by atoms with Gasteiger partial charge in [-0.25, -0.2) is 4.39 Å². The minimum Gasteiger partial charge on any atom is -0.480 e. The van der Waals surface area contributed by atoms with E-state index in [1.165, 1.54) is 0 Å². The maximum Gasteiger partial charge on any atom is 0.320 e. The van der Waals surface area contributed by atoms with Gasteiger partial charge in [0.15, 0.2) is 0 Å². The van der Waals surface area contributed by atoms with Crippen LogP contribution in [0.25, 0.3) is 0 Å². The Morgan fingerprint density at radius 1 is 1.50 bits per heavy atom. The molecule has 0 amide bonds. The number of carboxylic acids is 1. The highest BCUT2D eigenvalue weighted by atomic mass is 19.1. The third-order valence-electron chi connectivity index (χ3n) is 2.96. The van der Waals surface area contributed by atoms with Gasteiger partial charge in [0, 0.05) is 12.1 Å². The van der Waals surface area contributed by atoms with Crippen molar-refractivity contribution in [1.82, 2.24) is 5.32 Å². The fraction of sp³-hybridized carbons (Fsp3) is 0.500. The molecule has 0 saturated heterocycles. The van der Waals surface area contributed by atoms with Crippen molar-refractivity contribution in [3.8, 4) is 0 Å². The van der Waals surface area contributed by atoms with Crippen LogP contribution in [-0.2, 0) is 11.3 Å². The van der Waals surface area contributed by atoms with Crippen LogP contribution in [0.3, 0.4) is 0 Å². The number of carbonyl (C=O) groups is 1. The second-order valence-corrected chi connectivity index (χ2v) is 4.46. The Labute approximate surface area is 107 Å². The SMILES string of the molecule is CCCCC(NCc1cccc(C)c1F)C(=O)O. The summed E-state index contributed by atoms with van der Waals surface area (Å²) in [7, 11) is 0. The molecule has 18 heavy (non-hydrogen) atoms. The number of aliphatic carboxylic acids is 1. The Bertz CT molecular complexity index is 407. The lowest BCUT2D eigenvalue weighted by molar-refractivity contribution is -0.139. The topological polar surface area (TPSA) is 49.3 Å². The predicted molar refractivity (Wildman–Crippen MR) is 68.9 cm³/mol. The van der Waals surface area contributed by atoms with Gasteiger partial charge in [-0.05, 0) is 18.9 Å². The van der Waals surface area contributed by atoms with Crippen LogP contribution in [0.2, 0.25) is 0 Å². The van der Waals surface area contributed by atoms with Crippen LogP contribution in [0.15, 0.2) is 18.2 Å². The molecule has 100 valence electrons. The Kier molecular flexibility index (Phi) is 5.78. The summed E-state index contributed by atoms with van der Waals surface area (Å²) in [6.45, 7) is 3.96. The van der Waals surface area contributed by atoms with Gasteiger partial charge in [0.1, 0.15) is 11.9 Å². The first kappa shape index (κ1) is 14.6. The van der Waals surface area contributed by atoms with Crippen molar-refractivity contribution in [1.29, 1.82) is 0 Å². The third-order valence-corrected chi connectivity index (χ3v) is 2.96. The first-order valence-electron chi connectivity index (χ1n) is 6.26. The fourth-order valence-corrected chi connectivity index (χ4v) is 1.80. The zero-order valence-electron chi connectivity index (χ0n) is 10.9. The van der Waals surface area contributed by atoms with E-state index in [-0.39, 0.29) is 12.4 Å². The number of rotatable bonds is 7. The number of hydrogen-bond donors (Lipinski definition) is 2.